The quantitative estimate of drug-likeness (QED) is 0.845. The molecule has 0 aliphatic carbocycles. The third-order valence-corrected chi connectivity index (χ3v) is 2.92. The van der Waals surface area contributed by atoms with Gasteiger partial charge >= 0.3 is 0 Å². The Morgan fingerprint density at radius 3 is 2.61 bits per heavy atom. The number of nitrogens with one attached hydrogen (secondary N) is 1. The molecule has 2 aromatic rings. The first-order chi connectivity index (χ1) is 8.60. The maximum Gasteiger partial charge on any atom is 0.148 e. The number of methoxy groups -OCH3 is 1. The topological polar surface area (TPSA) is 47.3 Å². The van der Waals surface area contributed by atoms with Gasteiger partial charge in [-0.05, 0) is 36.4 Å². The molecule has 0 aliphatic rings. The second-order valence-corrected chi connectivity index (χ2v) is 4.62. The minimum absolute atomic E-state index is 0.348. The van der Waals surface area contributed by atoms with Gasteiger partial charge in [-0.3, -0.25) is 0 Å². The molecule has 0 aromatic heterocycles. The van der Waals surface area contributed by atoms with E-state index in [1.165, 1.54) is 6.07 Å². The van der Waals surface area contributed by atoms with Gasteiger partial charge in [0.1, 0.15) is 11.6 Å². The first-order valence-electron chi connectivity index (χ1n) is 5.26. The summed E-state index contributed by atoms with van der Waals surface area (Å²) in [5, 5.41) is 2.97. The van der Waals surface area contributed by atoms with Gasteiger partial charge in [-0.25, -0.2) is 4.39 Å². The van der Waals surface area contributed by atoms with Crippen molar-refractivity contribution in [1.82, 2.24) is 0 Å². The summed E-state index contributed by atoms with van der Waals surface area (Å²) in [5.41, 5.74) is 6.91. The molecule has 3 N–H and O–H groups in total. The van der Waals surface area contributed by atoms with Gasteiger partial charge in [-0.15, -0.1) is 0 Å². The average molecular weight is 311 g/mol. The molecule has 0 aliphatic heterocycles. The van der Waals surface area contributed by atoms with Gasteiger partial charge in [0.15, 0.2) is 0 Å². The van der Waals surface area contributed by atoms with Crippen LogP contribution in [0.25, 0.3) is 0 Å². The van der Waals surface area contributed by atoms with Gasteiger partial charge < -0.3 is 15.8 Å². The van der Waals surface area contributed by atoms with Crippen molar-refractivity contribution < 1.29 is 9.13 Å². The van der Waals surface area contributed by atoms with Crippen LogP contribution in [0.2, 0.25) is 0 Å². The van der Waals surface area contributed by atoms with Crippen LogP contribution in [0, 0.1) is 5.82 Å². The smallest absolute Gasteiger partial charge is 0.148 e. The number of hydrogen-bond donors (Lipinski definition) is 2. The molecule has 18 heavy (non-hydrogen) atoms. The van der Waals surface area contributed by atoms with E-state index in [2.05, 4.69) is 21.2 Å². The van der Waals surface area contributed by atoms with Gasteiger partial charge in [-0.2, -0.15) is 0 Å². The number of ether oxygens (including phenoxy) is 1. The van der Waals surface area contributed by atoms with Gasteiger partial charge in [0, 0.05) is 10.2 Å². The molecule has 0 saturated heterocycles. The molecule has 3 nitrogen and oxygen atoms in total. The number of nitrogen functional groups attached to an aromatic ring is 1. The normalized spacial score (nSPS) is 10.2. The highest BCUT2D eigenvalue weighted by molar-refractivity contribution is 9.10. The summed E-state index contributed by atoms with van der Waals surface area (Å²) < 4.78 is 19.8. The Hall–Kier alpha value is -1.75. The van der Waals surface area contributed by atoms with E-state index in [-0.39, 0.29) is 0 Å². The van der Waals surface area contributed by atoms with Gasteiger partial charge in [0.05, 0.1) is 18.5 Å². The van der Waals surface area contributed by atoms with Gasteiger partial charge in [-0.1, -0.05) is 15.9 Å². The summed E-state index contributed by atoms with van der Waals surface area (Å²) >= 11 is 3.36. The predicted octanol–water partition coefficient (Wildman–Crippen LogP) is 3.92. The lowest BCUT2D eigenvalue weighted by atomic mass is 10.2. The zero-order valence-electron chi connectivity index (χ0n) is 9.71. The van der Waals surface area contributed by atoms with Crippen molar-refractivity contribution in [1.29, 1.82) is 0 Å². The van der Waals surface area contributed by atoms with Crippen LogP contribution >= 0.6 is 15.9 Å². The van der Waals surface area contributed by atoms with Crippen LogP contribution in [0.4, 0.5) is 21.5 Å². The molecule has 2 rings (SSSR count). The number of hydrogen-bond acceptors (Lipinski definition) is 3. The Bertz CT molecular complexity index is 575. The predicted molar refractivity (Wildman–Crippen MR) is 74.8 cm³/mol. The molecule has 0 radical (unpaired) electrons. The van der Waals surface area contributed by atoms with E-state index in [9.17, 15) is 4.39 Å². The third kappa shape index (κ3) is 2.73. The Morgan fingerprint density at radius 1 is 1.17 bits per heavy atom. The van der Waals surface area contributed by atoms with Crippen molar-refractivity contribution >= 4 is 33.0 Å². The van der Waals surface area contributed by atoms with Crippen LogP contribution in [-0.4, -0.2) is 7.11 Å². The molecular weight excluding hydrogens is 299 g/mol. The highest BCUT2D eigenvalue weighted by Crippen LogP contribution is 2.31. The molecule has 5 heteroatoms. The van der Waals surface area contributed by atoms with E-state index >= 15 is 0 Å². The van der Waals surface area contributed by atoms with Crippen LogP contribution in [0.5, 0.6) is 5.75 Å². The lowest BCUT2D eigenvalue weighted by Crippen LogP contribution is -1.98. The number of rotatable bonds is 3. The fourth-order valence-corrected chi connectivity index (χ4v) is 1.92. The summed E-state index contributed by atoms with van der Waals surface area (Å²) in [6, 6.07) is 9.95. The van der Waals surface area contributed by atoms with Crippen LogP contribution in [0.3, 0.4) is 0 Å². The zero-order valence-corrected chi connectivity index (χ0v) is 11.3. The lowest BCUT2D eigenvalue weighted by Gasteiger charge is -2.12. The Labute approximate surface area is 113 Å². The van der Waals surface area contributed by atoms with Crippen molar-refractivity contribution in [2.75, 3.05) is 18.2 Å². The van der Waals surface area contributed by atoms with Gasteiger partial charge in [0.2, 0.25) is 0 Å². The summed E-state index contributed by atoms with van der Waals surface area (Å²) in [6.45, 7) is 0. The Kier molecular flexibility index (Phi) is 3.72. The maximum absolute atomic E-state index is 13.7. The van der Waals surface area contributed by atoms with Crippen molar-refractivity contribution in [3.05, 3.63) is 46.7 Å². The van der Waals surface area contributed by atoms with Crippen LogP contribution < -0.4 is 15.8 Å². The molecule has 0 saturated carbocycles. The molecule has 0 amide bonds. The monoisotopic (exact) mass is 310 g/mol. The summed E-state index contributed by atoms with van der Waals surface area (Å²) in [5.74, 6) is 0.228. The minimum atomic E-state index is -0.406. The Morgan fingerprint density at radius 2 is 1.94 bits per heavy atom. The average Bonchev–Trinajstić information content (AvgIpc) is 2.33. The first-order valence-corrected chi connectivity index (χ1v) is 6.05. The van der Waals surface area contributed by atoms with Crippen molar-refractivity contribution in [3.8, 4) is 5.75 Å². The summed E-state index contributed by atoms with van der Waals surface area (Å²) in [7, 11) is 1.56. The molecule has 0 bridgehead atoms. The standard InChI is InChI=1S/C13H12BrFN2O/c1-18-13-5-2-8(14)6-12(13)17-11-4-3-9(16)7-10(11)15/h2-7,17H,16H2,1H3. The zero-order chi connectivity index (χ0) is 13.1. The van der Waals surface area contributed by atoms with E-state index in [1.54, 1.807) is 25.3 Å². The van der Waals surface area contributed by atoms with E-state index in [4.69, 9.17) is 10.5 Å². The van der Waals surface area contributed by atoms with Crippen molar-refractivity contribution in [3.63, 3.8) is 0 Å². The van der Waals surface area contributed by atoms with Crippen LogP contribution in [0.15, 0.2) is 40.9 Å². The molecular formula is C13H12BrFN2O. The van der Waals surface area contributed by atoms with Crippen LogP contribution in [0.1, 0.15) is 0 Å². The highest BCUT2D eigenvalue weighted by Gasteiger charge is 2.07. The summed E-state index contributed by atoms with van der Waals surface area (Å²) in [6.07, 6.45) is 0. The highest BCUT2D eigenvalue weighted by atomic mass is 79.9. The molecule has 0 heterocycles. The molecule has 0 spiro atoms. The van der Waals surface area contributed by atoms with E-state index in [1.807, 2.05) is 12.1 Å². The second-order valence-electron chi connectivity index (χ2n) is 3.71. The molecule has 0 unspecified atom stereocenters. The fraction of sp³-hybridized carbons (Fsp3) is 0.0769. The SMILES string of the molecule is COc1ccc(Br)cc1Nc1ccc(N)cc1F. The molecule has 94 valence electrons. The first kappa shape index (κ1) is 12.7. The minimum Gasteiger partial charge on any atom is -0.495 e. The third-order valence-electron chi connectivity index (χ3n) is 2.42. The van der Waals surface area contributed by atoms with E-state index < -0.39 is 5.82 Å². The molecule has 0 fully saturated rings. The molecule has 2 aromatic carbocycles. The molecule has 0 atom stereocenters. The largest absolute Gasteiger partial charge is 0.495 e. The van der Waals surface area contributed by atoms with E-state index in [0.717, 1.165) is 4.47 Å². The number of anilines is 3. The van der Waals surface area contributed by atoms with Crippen molar-refractivity contribution in [2.24, 2.45) is 0 Å². The van der Waals surface area contributed by atoms with Crippen molar-refractivity contribution in [2.45, 2.75) is 0 Å². The van der Waals surface area contributed by atoms with Crippen LogP contribution in [-0.2, 0) is 0 Å². The second kappa shape index (κ2) is 5.27. The number of benzene rings is 2. The van der Waals surface area contributed by atoms with E-state index in [0.29, 0.717) is 22.8 Å². The Balaban J connectivity index is 2.36. The number of nitrogens with two attached hydrogens (primary N) is 1. The lowest BCUT2D eigenvalue weighted by molar-refractivity contribution is 0.416. The maximum atomic E-state index is 13.7. The summed E-state index contributed by atoms with van der Waals surface area (Å²) in [4.78, 5) is 0. The van der Waals surface area contributed by atoms with Gasteiger partial charge in [0.25, 0.3) is 0 Å². The number of halogens is 2. The fourth-order valence-electron chi connectivity index (χ4n) is 1.56.